The van der Waals surface area contributed by atoms with Crippen LogP contribution in [-0.2, 0) is 6.54 Å². The van der Waals surface area contributed by atoms with Crippen LogP contribution in [0.4, 0.5) is 5.95 Å². The Morgan fingerprint density at radius 1 is 1.29 bits per heavy atom. The maximum atomic E-state index is 12.3. The van der Waals surface area contributed by atoms with Crippen LogP contribution in [-0.4, -0.2) is 35.0 Å². The number of rotatable bonds is 5. The van der Waals surface area contributed by atoms with Gasteiger partial charge in [0.15, 0.2) is 0 Å². The molecule has 1 aromatic carbocycles. The third kappa shape index (κ3) is 4.10. The molecule has 3 aromatic rings. The third-order valence-electron chi connectivity index (χ3n) is 4.99. The van der Waals surface area contributed by atoms with E-state index in [1.165, 1.54) is 12.4 Å². The van der Waals surface area contributed by atoms with E-state index in [1.807, 2.05) is 19.1 Å². The summed E-state index contributed by atoms with van der Waals surface area (Å²) in [6.45, 7) is 4.29. The first-order valence-corrected chi connectivity index (χ1v) is 9.73. The minimum absolute atomic E-state index is 0.136. The summed E-state index contributed by atoms with van der Waals surface area (Å²) in [5, 5.41) is 11.1. The highest BCUT2D eigenvalue weighted by Gasteiger charge is 2.17. The van der Waals surface area contributed by atoms with Crippen molar-refractivity contribution in [3.05, 3.63) is 52.5 Å². The highest BCUT2D eigenvalue weighted by atomic mass is 35.5. The van der Waals surface area contributed by atoms with Crippen LogP contribution in [0.3, 0.4) is 0 Å². The molecule has 0 radical (unpaired) electrons. The van der Waals surface area contributed by atoms with Crippen LogP contribution >= 0.6 is 11.6 Å². The zero-order chi connectivity index (χ0) is 19.5. The molecule has 0 bridgehead atoms. The molecule has 0 unspecified atom stereocenters. The molecule has 28 heavy (non-hydrogen) atoms. The number of piperidine rings is 1. The monoisotopic (exact) mass is 399 g/mol. The molecule has 3 heterocycles. The number of benzene rings is 1. The van der Waals surface area contributed by atoms with Gasteiger partial charge < -0.3 is 20.4 Å². The average Bonchev–Trinajstić information content (AvgIpc) is 3.03. The molecule has 1 fully saturated rings. The Balaban J connectivity index is 1.38. The van der Waals surface area contributed by atoms with Gasteiger partial charge in [0, 0.05) is 34.4 Å². The molecule has 1 aliphatic heterocycles. The second-order valence-corrected chi connectivity index (χ2v) is 7.37. The largest absolute Gasteiger partial charge is 0.459 e. The molecule has 1 aliphatic rings. The second kappa shape index (κ2) is 8.16. The fraction of sp³-hybridized carbons (Fsp3) is 0.350. The molecular weight excluding hydrogens is 378 g/mol. The van der Waals surface area contributed by atoms with E-state index < -0.39 is 0 Å². The van der Waals surface area contributed by atoms with Gasteiger partial charge in [0.05, 0.1) is 12.1 Å². The number of furan rings is 1. The fourth-order valence-electron chi connectivity index (χ4n) is 3.34. The zero-order valence-corrected chi connectivity index (χ0v) is 16.3. The van der Waals surface area contributed by atoms with E-state index in [1.54, 1.807) is 6.07 Å². The Morgan fingerprint density at radius 3 is 2.79 bits per heavy atom. The lowest BCUT2D eigenvalue weighted by Gasteiger charge is -2.23. The third-order valence-corrected chi connectivity index (χ3v) is 5.23. The smallest absolute Gasteiger partial charge is 0.254 e. The second-order valence-electron chi connectivity index (χ2n) is 6.94. The Bertz CT molecular complexity index is 980. The van der Waals surface area contributed by atoms with Crippen molar-refractivity contribution in [3.63, 3.8) is 0 Å². The van der Waals surface area contributed by atoms with E-state index in [4.69, 9.17) is 16.0 Å². The van der Waals surface area contributed by atoms with Crippen LogP contribution in [0.1, 0.15) is 34.5 Å². The van der Waals surface area contributed by atoms with Gasteiger partial charge in [-0.15, -0.1) is 0 Å². The highest BCUT2D eigenvalue weighted by Crippen LogP contribution is 2.28. The molecule has 0 aliphatic carbocycles. The standard InChI is InChI=1S/C20H22ClN5O2/c1-12-16-8-14(21)2-3-17(16)28-18(12)11-25-20-23-9-13(10-24-20)19(27)26-15-4-6-22-7-5-15/h2-3,8-10,15,22H,4-7,11H2,1H3,(H,26,27)(H,23,24,25). The molecule has 3 N–H and O–H groups in total. The number of nitrogens with zero attached hydrogens (tertiary/aromatic N) is 2. The number of anilines is 1. The van der Waals surface area contributed by atoms with Gasteiger partial charge in [-0.05, 0) is 51.1 Å². The van der Waals surface area contributed by atoms with Crippen molar-refractivity contribution in [2.24, 2.45) is 0 Å². The number of hydrogen-bond acceptors (Lipinski definition) is 6. The highest BCUT2D eigenvalue weighted by molar-refractivity contribution is 6.31. The molecular formula is C20H22ClN5O2. The van der Waals surface area contributed by atoms with E-state index in [0.717, 1.165) is 48.2 Å². The van der Waals surface area contributed by atoms with Crippen molar-refractivity contribution in [1.82, 2.24) is 20.6 Å². The zero-order valence-electron chi connectivity index (χ0n) is 15.6. The van der Waals surface area contributed by atoms with Crippen molar-refractivity contribution in [2.45, 2.75) is 32.4 Å². The number of fused-ring (bicyclic) bond motifs is 1. The van der Waals surface area contributed by atoms with Crippen LogP contribution in [0.25, 0.3) is 11.0 Å². The molecule has 0 atom stereocenters. The summed E-state index contributed by atoms with van der Waals surface area (Å²) in [6, 6.07) is 5.77. The number of hydrogen-bond donors (Lipinski definition) is 3. The number of aromatic nitrogens is 2. The molecule has 1 amide bonds. The molecule has 0 spiro atoms. The molecule has 0 saturated carbocycles. The average molecular weight is 400 g/mol. The van der Waals surface area contributed by atoms with Gasteiger partial charge >= 0.3 is 0 Å². The van der Waals surface area contributed by atoms with Gasteiger partial charge in [0.1, 0.15) is 11.3 Å². The summed E-state index contributed by atoms with van der Waals surface area (Å²) in [5.74, 6) is 1.10. The first-order valence-electron chi connectivity index (χ1n) is 9.35. The van der Waals surface area contributed by atoms with E-state index in [2.05, 4.69) is 25.9 Å². The Morgan fingerprint density at radius 2 is 2.04 bits per heavy atom. The molecule has 7 nitrogen and oxygen atoms in total. The van der Waals surface area contributed by atoms with Crippen molar-refractivity contribution in [1.29, 1.82) is 0 Å². The number of nitrogens with one attached hydrogen (secondary N) is 3. The van der Waals surface area contributed by atoms with Crippen molar-refractivity contribution in [2.75, 3.05) is 18.4 Å². The predicted molar refractivity (Wildman–Crippen MR) is 109 cm³/mol. The molecule has 8 heteroatoms. The fourth-order valence-corrected chi connectivity index (χ4v) is 3.52. The van der Waals surface area contributed by atoms with Crippen molar-refractivity contribution in [3.8, 4) is 0 Å². The summed E-state index contributed by atoms with van der Waals surface area (Å²) >= 11 is 6.06. The number of amides is 1. The van der Waals surface area contributed by atoms with Crippen LogP contribution < -0.4 is 16.0 Å². The van der Waals surface area contributed by atoms with E-state index in [-0.39, 0.29) is 11.9 Å². The lowest BCUT2D eigenvalue weighted by molar-refractivity contribution is 0.0929. The topological polar surface area (TPSA) is 92.1 Å². The number of aryl methyl sites for hydroxylation is 1. The summed E-state index contributed by atoms with van der Waals surface area (Å²) in [4.78, 5) is 20.8. The number of carbonyl (C=O) groups is 1. The van der Waals surface area contributed by atoms with Crippen molar-refractivity contribution >= 4 is 34.4 Å². The molecule has 2 aromatic heterocycles. The van der Waals surface area contributed by atoms with E-state index in [0.29, 0.717) is 23.1 Å². The van der Waals surface area contributed by atoms with Gasteiger partial charge in [-0.2, -0.15) is 0 Å². The molecule has 146 valence electrons. The number of halogens is 1. The molecule has 4 rings (SSSR count). The van der Waals surface area contributed by atoms with Gasteiger partial charge in [0.25, 0.3) is 5.91 Å². The lowest BCUT2D eigenvalue weighted by atomic mass is 10.1. The maximum Gasteiger partial charge on any atom is 0.254 e. The SMILES string of the molecule is Cc1c(CNc2ncc(C(=O)NC3CCNCC3)cn2)oc2ccc(Cl)cc12. The predicted octanol–water partition coefficient (Wildman–Crippen LogP) is 3.28. The van der Waals surface area contributed by atoms with Crippen LogP contribution in [0, 0.1) is 6.92 Å². The van der Waals surface area contributed by atoms with Gasteiger partial charge in [-0.1, -0.05) is 11.6 Å². The Labute approximate surface area is 167 Å². The summed E-state index contributed by atoms with van der Waals surface area (Å²) < 4.78 is 5.88. The summed E-state index contributed by atoms with van der Waals surface area (Å²) in [7, 11) is 0. The van der Waals surface area contributed by atoms with Crippen molar-refractivity contribution < 1.29 is 9.21 Å². The normalized spacial score (nSPS) is 14.9. The lowest BCUT2D eigenvalue weighted by Crippen LogP contribution is -2.42. The van der Waals surface area contributed by atoms with Crippen LogP contribution in [0.2, 0.25) is 5.02 Å². The maximum absolute atomic E-state index is 12.3. The summed E-state index contributed by atoms with van der Waals surface area (Å²) in [6.07, 6.45) is 4.95. The van der Waals surface area contributed by atoms with Crippen LogP contribution in [0.15, 0.2) is 35.0 Å². The van der Waals surface area contributed by atoms with Crippen LogP contribution in [0.5, 0.6) is 0 Å². The van der Waals surface area contributed by atoms with E-state index >= 15 is 0 Å². The number of carbonyl (C=O) groups excluding carboxylic acids is 1. The van der Waals surface area contributed by atoms with Gasteiger partial charge in [0.2, 0.25) is 5.95 Å². The Hall–Kier alpha value is -2.64. The Kier molecular flexibility index (Phi) is 5.45. The first kappa shape index (κ1) is 18.7. The quantitative estimate of drug-likeness (QED) is 0.609. The molecule has 1 saturated heterocycles. The van der Waals surface area contributed by atoms with Gasteiger partial charge in [-0.25, -0.2) is 9.97 Å². The summed E-state index contributed by atoms with van der Waals surface area (Å²) in [5.41, 5.74) is 2.28. The van der Waals surface area contributed by atoms with Gasteiger partial charge in [-0.3, -0.25) is 4.79 Å². The van der Waals surface area contributed by atoms with E-state index in [9.17, 15) is 4.79 Å². The minimum atomic E-state index is -0.136. The minimum Gasteiger partial charge on any atom is -0.459 e. The first-order chi connectivity index (χ1) is 13.6.